The molecule has 1 saturated heterocycles. The van der Waals surface area contributed by atoms with Crippen molar-refractivity contribution in [1.29, 1.82) is 0 Å². The molecule has 1 fully saturated rings. The molecule has 2 heterocycles. The average molecular weight is 342 g/mol. The molecule has 7 heteroatoms. The van der Waals surface area contributed by atoms with Gasteiger partial charge < -0.3 is 15.5 Å². The van der Waals surface area contributed by atoms with E-state index in [1.165, 1.54) is 12.1 Å². The van der Waals surface area contributed by atoms with Crippen LogP contribution < -0.4 is 10.6 Å². The molecule has 1 atom stereocenters. The SMILES string of the molecule is O=C(NC[C@@H](Cc1cccc(F)c1)N1CCNC1=O)c1ccccn1. The minimum Gasteiger partial charge on any atom is -0.349 e. The van der Waals surface area contributed by atoms with Crippen LogP contribution >= 0.6 is 0 Å². The number of hydrogen-bond donors (Lipinski definition) is 2. The van der Waals surface area contributed by atoms with E-state index in [9.17, 15) is 14.0 Å². The molecule has 1 aliphatic rings. The highest BCUT2D eigenvalue weighted by Crippen LogP contribution is 2.13. The van der Waals surface area contributed by atoms with E-state index in [4.69, 9.17) is 0 Å². The third-order valence-corrected chi connectivity index (χ3v) is 4.09. The topological polar surface area (TPSA) is 74.3 Å². The molecular formula is C18H19FN4O2. The van der Waals surface area contributed by atoms with Gasteiger partial charge in [0.15, 0.2) is 0 Å². The second-order valence-electron chi connectivity index (χ2n) is 5.84. The van der Waals surface area contributed by atoms with Crippen LogP contribution in [-0.4, -0.2) is 47.5 Å². The fraction of sp³-hybridized carbons (Fsp3) is 0.278. The van der Waals surface area contributed by atoms with Gasteiger partial charge in [-0.25, -0.2) is 9.18 Å². The summed E-state index contributed by atoms with van der Waals surface area (Å²) in [6.07, 6.45) is 2.00. The lowest BCUT2D eigenvalue weighted by atomic mass is 10.0. The Morgan fingerprint density at radius 2 is 2.20 bits per heavy atom. The number of benzene rings is 1. The molecule has 0 spiro atoms. The maximum absolute atomic E-state index is 13.4. The number of urea groups is 1. The van der Waals surface area contributed by atoms with E-state index >= 15 is 0 Å². The lowest BCUT2D eigenvalue weighted by molar-refractivity contribution is 0.0935. The summed E-state index contributed by atoms with van der Waals surface area (Å²) in [7, 11) is 0. The molecule has 1 aliphatic heterocycles. The Morgan fingerprint density at radius 3 is 2.88 bits per heavy atom. The van der Waals surface area contributed by atoms with Gasteiger partial charge in [0, 0.05) is 25.8 Å². The molecule has 2 aromatic rings. The summed E-state index contributed by atoms with van der Waals surface area (Å²) in [5, 5.41) is 5.57. The number of amides is 3. The van der Waals surface area contributed by atoms with E-state index in [1.54, 1.807) is 35.4 Å². The second-order valence-corrected chi connectivity index (χ2v) is 5.84. The van der Waals surface area contributed by atoms with Crippen molar-refractivity contribution >= 4 is 11.9 Å². The maximum atomic E-state index is 13.4. The van der Waals surface area contributed by atoms with Crippen LogP contribution in [-0.2, 0) is 6.42 Å². The molecule has 130 valence electrons. The van der Waals surface area contributed by atoms with Gasteiger partial charge in [0.2, 0.25) is 0 Å². The molecule has 1 aromatic heterocycles. The monoisotopic (exact) mass is 342 g/mol. The lowest BCUT2D eigenvalue weighted by Crippen LogP contribution is -2.46. The summed E-state index contributed by atoms with van der Waals surface area (Å²) in [5.74, 6) is -0.621. The molecule has 1 aromatic carbocycles. The standard InChI is InChI=1S/C18H19FN4O2/c19-14-5-3-4-13(10-14)11-15(23-9-8-21-18(23)25)12-22-17(24)16-6-1-2-7-20-16/h1-7,10,15H,8-9,11-12H2,(H,21,25)(H,22,24)/t15-/m1/s1. The minimum atomic E-state index is -0.320. The van der Waals surface area contributed by atoms with Gasteiger partial charge in [-0.2, -0.15) is 0 Å². The normalized spacial score (nSPS) is 14.9. The number of nitrogens with zero attached hydrogens (tertiary/aromatic N) is 2. The number of rotatable bonds is 6. The van der Waals surface area contributed by atoms with Crippen molar-refractivity contribution in [3.05, 3.63) is 65.7 Å². The van der Waals surface area contributed by atoms with Crippen LogP contribution in [0.15, 0.2) is 48.7 Å². The van der Waals surface area contributed by atoms with Gasteiger partial charge in [0.1, 0.15) is 11.5 Å². The smallest absolute Gasteiger partial charge is 0.317 e. The van der Waals surface area contributed by atoms with E-state index in [0.717, 1.165) is 5.56 Å². The maximum Gasteiger partial charge on any atom is 0.317 e. The molecule has 0 aliphatic carbocycles. The van der Waals surface area contributed by atoms with E-state index in [-0.39, 0.29) is 30.3 Å². The number of carbonyl (C=O) groups excluding carboxylic acids is 2. The predicted molar refractivity (Wildman–Crippen MR) is 90.6 cm³/mol. The van der Waals surface area contributed by atoms with Gasteiger partial charge >= 0.3 is 6.03 Å². The van der Waals surface area contributed by atoms with Gasteiger partial charge in [-0.05, 0) is 36.2 Å². The van der Waals surface area contributed by atoms with E-state index in [0.29, 0.717) is 25.2 Å². The summed E-state index contributed by atoms with van der Waals surface area (Å²) in [4.78, 5) is 29.9. The van der Waals surface area contributed by atoms with Crippen molar-refractivity contribution < 1.29 is 14.0 Å². The summed E-state index contributed by atoms with van der Waals surface area (Å²) in [5.41, 5.74) is 1.09. The highest BCUT2D eigenvalue weighted by molar-refractivity contribution is 5.92. The molecular weight excluding hydrogens is 323 g/mol. The minimum absolute atomic E-state index is 0.173. The molecule has 3 amide bonds. The summed E-state index contributed by atoms with van der Waals surface area (Å²) >= 11 is 0. The number of halogens is 1. The Balaban J connectivity index is 1.70. The van der Waals surface area contributed by atoms with Crippen molar-refractivity contribution in [2.24, 2.45) is 0 Å². The van der Waals surface area contributed by atoms with Crippen LogP contribution in [0.5, 0.6) is 0 Å². The highest BCUT2D eigenvalue weighted by Gasteiger charge is 2.28. The van der Waals surface area contributed by atoms with Gasteiger partial charge in [0.25, 0.3) is 5.91 Å². The first-order chi connectivity index (χ1) is 12.1. The zero-order chi connectivity index (χ0) is 17.6. The number of carbonyl (C=O) groups is 2. The van der Waals surface area contributed by atoms with Crippen LogP contribution in [0.1, 0.15) is 16.1 Å². The number of aromatic nitrogens is 1. The second kappa shape index (κ2) is 7.74. The van der Waals surface area contributed by atoms with E-state index in [2.05, 4.69) is 15.6 Å². The number of hydrogen-bond acceptors (Lipinski definition) is 3. The van der Waals surface area contributed by atoms with Crippen LogP contribution in [0.2, 0.25) is 0 Å². The summed E-state index contributed by atoms with van der Waals surface area (Å²) in [6.45, 7) is 1.38. The molecule has 0 unspecified atom stereocenters. The largest absolute Gasteiger partial charge is 0.349 e. The van der Waals surface area contributed by atoms with Gasteiger partial charge in [0.05, 0.1) is 6.04 Å². The zero-order valence-electron chi connectivity index (χ0n) is 13.6. The average Bonchev–Trinajstić information content (AvgIpc) is 3.05. The third kappa shape index (κ3) is 4.32. The predicted octanol–water partition coefficient (Wildman–Crippen LogP) is 1.59. The Hall–Kier alpha value is -2.96. The Morgan fingerprint density at radius 1 is 1.32 bits per heavy atom. The Bertz CT molecular complexity index is 754. The van der Waals surface area contributed by atoms with Gasteiger partial charge in [-0.3, -0.25) is 9.78 Å². The molecule has 25 heavy (non-hydrogen) atoms. The van der Waals surface area contributed by atoms with E-state index in [1.807, 2.05) is 6.07 Å². The molecule has 0 saturated carbocycles. The van der Waals surface area contributed by atoms with Crippen LogP contribution in [0, 0.1) is 5.82 Å². The fourth-order valence-corrected chi connectivity index (χ4v) is 2.86. The fourth-order valence-electron chi connectivity index (χ4n) is 2.86. The van der Waals surface area contributed by atoms with Crippen LogP contribution in [0.3, 0.4) is 0 Å². The highest BCUT2D eigenvalue weighted by atomic mass is 19.1. The van der Waals surface area contributed by atoms with Crippen molar-refractivity contribution in [1.82, 2.24) is 20.5 Å². The zero-order valence-corrected chi connectivity index (χ0v) is 13.6. The summed E-state index contributed by atoms with van der Waals surface area (Å²) < 4.78 is 13.4. The summed E-state index contributed by atoms with van der Waals surface area (Å²) in [6, 6.07) is 10.9. The Labute approximate surface area is 145 Å². The van der Waals surface area contributed by atoms with Crippen LogP contribution in [0.4, 0.5) is 9.18 Å². The molecule has 0 bridgehead atoms. The van der Waals surface area contributed by atoms with Crippen molar-refractivity contribution in [3.63, 3.8) is 0 Å². The van der Waals surface area contributed by atoms with Crippen molar-refractivity contribution in [3.8, 4) is 0 Å². The van der Waals surface area contributed by atoms with Gasteiger partial charge in [-0.1, -0.05) is 18.2 Å². The molecule has 2 N–H and O–H groups in total. The van der Waals surface area contributed by atoms with Crippen LogP contribution in [0.25, 0.3) is 0 Å². The van der Waals surface area contributed by atoms with Crippen molar-refractivity contribution in [2.45, 2.75) is 12.5 Å². The number of pyridine rings is 1. The third-order valence-electron chi connectivity index (χ3n) is 4.09. The number of nitrogens with one attached hydrogen (secondary N) is 2. The van der Waals surface area contributed by atoms with Gasteiger partial charge in [-0.15, -0.1) is 0 Å². The first-order valence-electron chi connectivity index (χ1n) is 8.11. The first-order valence-corrected chi connectivity index (χ1v) is 8.11. The molecule has 3 rings (SSSR count). The van der Waals surface area contributed by atoms with Crippen molar-refractivity contribution in [2.75, 3.05) is 19.6 Å². The quantitative estimate of drug-likeness (QED) is 0.837. The molecule has 6 nitrogen and oxygen atoms in total. The Kier molecular flexibility index (Phi) is 5.23. The first kappa shape index (κ1) is 16.9. The lowest BCUT2D eigenvalue weighted by Gasteiger charge is -2.27. The van der Waals surface area contributed by atoms with E-state index < -0.39 is 0 Å². The molecule has 0 radical (unpaired) electrons.